The van der Waals surface area contributed by atoms with E-state index in [2.05, 4.69) is 16.0 Å². The van der Waals surface area contributed by atoms with Crippen LogP contribution >= 0.6 is 11.3 Å². The van der Waals surface area contributed by atoms with E-state index >= 15 is 0 Å². The fourth-order valence-electron chi connectivity index (χ4n) is 1.92. The fourth-order valence-corrected chi connectivity index (χ4v) is 2.56. The van der Waals surface area contributed by atoms with Crippen LogP contribution in [-0.2, 0) is 4.74 Å². The molecule has 0 aliphatic carbocycles. The van der Waals surface area contributed by atoms with Gasteiger partial charge >= 0.3 is 6.03 Å². The maximum atomic E-state index is 11.6. The van der Waals surface area contributed by atoms with E-state index in [1.165, 1.54) is 11.3 Å². The number of amides is 3. The van der Waals surface area contributed by atoms with Crippen molar-refractivity contribution in [3.05, 3.63) is 22.4 Å². The molecule has 1 aliphatic rings. The smallest absolute Gasteiger partial charge is 0.314 e. The molecular formula is C13H19N3O3S. The highest BCUT2D eigenvalue weighted by molar-refractivity contribution is 7.12. The highest BCUT2D eigenvalue weighted by Gasteiger charge is 2.15. The molecule has 1 aliphatic heterocycles. The Labute approximate surface area is 121 Å². The first kappa shape index (κ1) is 14.8. The lowest BCUT2D eigenvalue weighted by Crippen LogP contribution is -2.42. The van der Waals surface area contributed by atoms with Crippen LogP contribution < -0.4 is 16.0 Å². The molecule has 0 spiro atoms. The predicted molar refractivity (Wildman–Crippen MR) is 77.0 cm³/mol. The summed E-state index contributed by atoms with van der Waals surface area (Å²) in [5, 5.41) is 10.0. The third-order valence-electron chi connectivity index (χ3n) is 2.96. The average molecular weight is 297 g/mol. The van der Waals surface area contributed by atoms with Gasteiger partial charge in [-0.3, -0.25) is 4.79 Å². The van der Waals surface area contributed by atoms with Gasteiger partial charge in [-0.25, -0.2) is 4.79 Å². The van der Waals surface area contributed by atoms with Crippen LogP contribution in [0.1, 0.15) is 22.5 Å². The van der Waals surface area contributed by atoms with Crippen LogP contribution in [0.5, 0.6) is 0 Å². The molecule has 1 fully saturated rings. The maximum absolute atomic E-state index is 11.6. The normalized spacial score (nSPS) is 17.7. The first-order valence-electron chi connectivity index (χ1n) is 6.70. The van der Waals surface area contributed by atoms with Crippen LogP contribution in [-0.4, -0.2) is 44.3 Å². The van der Waals surface area contributed by atoms with Gasteiger partial charge in [0, 0.05) is 26.2 Å². The highest BCUT2D eigenvalue weighted by Crippen LogP contribution is 2.10. The molecule has 0 bridgehead atoms. The van der Waals surface area contributed by atoms with Gasteiger partial charge in [-0.05, 0) is 24.3 Å². The van der Waals surface area contributed by atoms with Gasteiger partial charge in [-0.1, -0.05) is 6.07 Å². The van der Waals surface area contributed by atoms with Crippen molar-refractivity contribution in [3.8, 4) is 0 Å². The first-order valence-corrected chi connectivity index (χ1v) is 7.58. The molecule has 1 aromatic rings. The second kappa shape index (κ2) is 7.86. The number of thiophene rings is 1. The Morgan fingerprint density at radius 2 is 2.15 bits per heavy atom. The fraction of sp³-hybridized carbons (Fsp3) is 0.538. The molecule has 3 N–H and O–H groups in total. The van der Waals surface area contributed by atoms with Crippen molar-refractivity contribution >= 4 is 23.3 Å². The minimum Gasteiger partial charge on any atom is -0.376 e. The molecular weight excluding hydrogens is 278 g/mol. The number of carbonyl (C=O) groups excluding carboxylic acids is 2. The average Bonchev–Trinajstić information content (AvgIpc) is 3.13. The Kier molecular flexibility index (Phi) is 5.82. The lowest BCUT2D eigenvalue weighted by molar-refractivity contribution is 0.0958. The molecule has 110 valence electrons. The summed E-state index contributed by atoms with van der Waals surface area (Å²) in [6, 6.07) is 3.36. The molecule has 0 radical (unpaired) electrons. The van der Waals surface area contributed by atoms with Crippen molar-refractivity contribution in [2.24, 2.45) is 0 Å². The predicted octanol–water partition coefficient (Wildman–Crippen LogP) is 0.956. The minimum absolute atomic E-state index is 0.110. The van der Waals surface area contributed by atoms with E-state index in [0.717, 1.165) is 19.4 Å². The molecule has 7 heteroatoms. The summed E-state index contributed by atoms with van der Waals surface area (Å²) < 4.78 is 5.40. The van der Waals surface area contributed by atoms with E-state index in [-0.39, 0.29) is 18.0 Å². The van der Waals surface area contributed by atoms with Crippen LogP contribution in [0.4, 0.5) is 4.79 Å². The lowest BCUT2D eigenvalue weighted by Gasteiger charge is -2.11. The maximum Gasteiger partial charge on any atom is 0.314 e. The number of urea groups is 1. The van der Waals surface area contributed by atoms with Gasteiger partial charge < -0.3 is 20.7 Å². The quantitative estimate of drug-likeness (QED) is 0.684. The van der Waals surface area contributed by atoms with Gasteiger partial charge in [0.05, 0.1) is 11.0 Å². The summed E-state index contributed by atoms with van der Waals surface area (Å²) in [4.78, 5) is 23.8. The lowest BCUT2D eigenvalue weighted by atomic mass is 10.2. The van der Waals surface area contributed by atoms with Crippen LogP contribution in [0.25, 0.3) is 0 Å². The molecule has 6 nitrogen and oxygen atoms in total. The number of hydrogen-bond donors (Lipinski definition) is 3. The van der Waals surface area contributed by atoms with E-state index in [0.29, 0.717) is 24.5 Å². The summed E-state index contributed by atoms with van der Waals surface area (Å²) in [6.07, 6.45) is 2.19. The number of ether oxygens (including phenoxy) is 1. The third kappa shape index (κ3) is 4.82. The van der Waals surface area contributed by atoms with E-state index in [1.54, 1.807) is 6.07 Å². The van der Waals surface area contributed by atoms with E-state index < -0.39 is 0 Å². The van der Waals surface area contributed by atoms with E-state index in [1.807, 2.05) is 11.4 Å². The molecule has 1 unspecified atom stereocenters. The van der Waals surface area contributed by atoms with Crippen molar-refractivity contribution < 1.29 is 14.3 Å². The summed E-state index contributed by atoms with van der Waals surface area (Å²) in [6.45, 7) is 2.12. The molecule has 1 aromatic heterocycles. The largest absolute Gasteiger partial charge is 0.376 e. The first-order chi connectivity index (χ1) is 9.75. The number of hydrogen-bond acceptors (Lipinski definition) is 4. The SMILES string of the molecule is O=C(NCCNC(=O)c1cccs1)NCC1CCCO1. The third-order valence-corrected chi connectivity index (χ3v) is 3.82. The Balaban J connectivity index is 1.52. The van der Waals surface area contributed by atoms with Gasteiger partial charge in [-0.15, -0.1) is 11.3 Å². The summed E-state index contributed by atoms with van der Waals surface area (Å²) in [5.74, 6) is -0.110. The molecule has 0 saturated carbocycles. The number of carbonyl (C=O) groups is 2. The Bertz CT molecular complexity index is 430. The zero-order valence-corrected chi connectivity index (χ0v) is 12.0. The summed E-state index contributed by atoms with van der Waals surface area (Å²) >= 11 is 1.39. The Morgan fingerprint density at radius 1 is 1.30 bits per heavy atom. The van der Waals surface area contributed by atoms with Gasteiger partial charge in [-0.2, -0.15) is 0 Å². The second-order valence-corrected chi connectivity index (χ2v) is 5.45. The molecule has 2 rings (SSSR count). The van der Waals surface area contributed by atoms with Crippen LogP contribution in [0.2, 0.25) is 0 Å². The molecule has 20 heavy (non-hydrogen) atoms. The topological polar surface area (TPSA) is 79.5 Å². The van der Waals surface area contributed by atoms with Gasteiger partial charge in [0.2, 0.25) is 0 Å². The van der Waals surface area contributed by atoms with E-state index in [9.17, 15) is 9.59 Å². The molecule has 1 atom stereocenters. The van der Waals surface area contributed by atoms with Gasteiger partial charge in [0.25, 0.3) is 5.91 Å². The van der Waals surface area contributed by atoms with Crippen molar-refractivity contribution in [2.75, 3.05) is 26.2 Å². The van der Waals surface area contributed by atoms with Crippen LogP contribution in [0.15, 0.2) is 17.5 Å². The minimum atomic E-state index is -0.231. The monoisotopic (exact) mass is 297 g/mol. The Morgan fingerprint density at radius 3 is 2.85 bits per heavy atom. The number of rotatable bonds is 6. The summed E-state index contributed by atoms with van der Waals surface area (Å²) in [5.41, 5.74) is 0. The molecule has 1 saturated heterocycles. The second-order valence-electron chi connectivity index (χ2n) is 4.51. The molecule has 0 aromatic carbocycles. The highest BCUT2D eigenvalue weighted by atomic mass is 32.1. The standard InChI is InChI=1S/C13H19N3O3S/c17-12(11-4-2-8-20-11)14-5-6-15-13(18)16-9-10-3-1-7-19-10/h2,4,8,10H,1,3,5-7,9H2,(H,14,17)(H2,15,16,18). The molecule has 2 heterocycles. The Hall–Kier alpha value is -1.60. The molecule has 3 amide bonds. The van der Waals surface area contributed by atoms with Gasteiger partial charge in [0.15, 0.2) is 0 Å². The van der Waals surface area contributed by atoms with E-state index in [4.69, 9.17) is 4.74 Å². The summed E-state index contributed by atoms with van der Waals surface area (Å²) in [7, 11) is 0. The number of nitrogens with one attached hydrogen (secondary N) is 3. The zero-order valence-electron chi connectivity index (χ0n) is 11.2. The van der Waals surface area contributed by atoms with Crippen LogP contribution in [0, 0.1) is 0 Å². The van der Waals surface area contributed by atoms with Crippen molar-refractivity contribution in [3.63, 3.8) is 0 Å². The van der Waals surface area contributed by atoms with Crippen molar-refractivity contribution in [1.29, 1.82) is 0 Å². The van der Waals surface area contributed by atoms with Crippen LogP contribution in [0.3, 0.4) is 0 Å². The van der Waals surface area contributed by atoms with Crippen molar-refractivity contribution in [2.45, 2.75) is 18.9 Å². The van der Waals surface area contributed by atoms with Gasteiger partial charge in [0.1, 0.15) is 0 Å². The van der Waals surface area contributed by atoms with Crippen molar-refractivity contribution in [1.82, 2.24) is 16.0 Å². The zero-order chi connectivity index (χ0) is 14.2.